The van der Waals surface area contributed by atoms with Gasteiger partial charge in [-0.05, 0) is 6.42 Å². The molecule has 1 amide bonds. The minimum absolute atomic E-state index is 0.155. The second-order valence-corrected chi connectivity index (χ2v) is 3.50. The number of carboxylic acids is 1. The highest BCUT2D eigenvalue weighted by molar-refractivity contribution is 6.99. The molecular weight excluding hydrogens is 218 g/mol. The van der Waals surface area contributed by atoms with Crippen LogP contribution in [0.5, 0.6) is 0 Å². The van der Waals surface area contributed by atoms with Crippen molar-refractivity contribution in [3.05, 3.63) is 11.9 Å². The van der Waals surface area contributed by atoms with Gasteiger partial charge in [-0.3, -0.25) is 4.79 Å². The second-order valence-electron chi connectivity index (χ2n) is 2.95. The number of carbonyl (C=O) groups excluding carboxylic acids is 1. The van der Waals surface area contributed by atoms with Crippen molar-refractivity contribution >= 4 is 23.6 Å². The number of carboxylic acid groups (broad SMARTS) is 1. The van der Waals surface area contributed by atoms with E-state index >= 15 is 0 Å². The van der Waals surface area contributed by atoms with E-state index in [1.54, 1.807) is 0 Å². The van der Waals surface area contributed by atoms with Crippen LogP contribution in [0, 0.1) is 0 Å². The van der Waals surface area contributed by atoms with Gasteiger partial charge in [-0.15, -0.1) is 0 Å². The fourth-order valence-corrected chi connectivity index (χ4v) is 1.46. The summed E-state index contributed by atoms with van der Waals surface area (Å²) in [5.74, 6) is -1.53. The molecule has 0 aliphatic carbocycles. The van der Waals surface area contributed by atoms with Crippen molar-refractivity contribution in [3.63, 3.8) is 0 Å². The predicted octanol–water partition coefficient (Wildman–Crippen LogP) is 0.521. The first-order chi connectivity index (χ1) is 7.15. The van der Waals surface area contributed by atoms with E-state index in [9.17, 15) is 9.59 Å². The molecule has 1 aromatic rings. The Bertz CT molecular complexity index is 339. The number of aromatic nitrogens is 2. The van der Waals surface area contributed by atoms with Crippen LogP contribution in [0.2, 0.25) is 0 Å². The van der Waals surface area contributed by atoms with Gasteiger partial charge in [0.25, 0.3) is 5.91 Å². The highest BCUT2D eigenvalue weighted by Gasteiger charge is 2.20. The predicted molar refractivity (Wildman–Crippen MR) is 53.7 cm³/mol. The average molecular weight is 229 g/mol. The smallest absolute Gasteiger partial charge is 0.326 e. The topological polar surface area (TPSA) is 92.2 Å². The summed E-state index contributed by atoms with van der Waals surface area (Å²) >= 11 is 0.908. The van der Waals surface area contributed by atoms with Gasteiger partial charge in [0.05, 0.1) is 17.9 Å². The Morgan fingerprint density at radius 3 is 2.87 bits per heavy atom. The number of rotatable bonds is 5. The van der Waals surface area contributed by atoms with Crippen molar-refractivity contribution in [1.29, 1.82) is 0 Å². The number of hydrogen-bond acceptors (Lipinski definition) is 5. The number of amides is 1. The molecule has 82 valence electrons. The Morgan fingerprint density at radius 1 is 1.67 bits per heavy atom. The lowest BCUT2D eigenvalue weighted by Crippen LogP contribution is -2.40. The van der Waals surface area contributed by atoms with Crippen LogP contribution in [0.15, 0.2) is 6.20 Å². The lowest BCUT2D eigenvalue weighted by atomic mass is 10.1. The Hall–Kier alpha value is -1.50. The molecule has 1 atom stereocenters. The van der Waals surface area contributed by atoms with Crippen molar-refractivity contribution in [1.82, 2.24) is 14.1 Å². The molecule has 0 spiro atoms. The van der Waals surface area contributed by atoms with E-state index in [4.69, 9.17) is 5.11 Å². The van der Waals surface area contributed by atoms with Crippen molar-refractivity contribution in [2.75, 3.05) is 0 Å². The largest absolute Gasteiger partial charge is 0.480 e. The highest BCUT2D eigenvalue weighted by Crippen LogP contribution is 2.00. The van der Waals surface area contributed by atoms with E-state index in [0.717, 1.165) is 11.7 Å². The molecule has 0 aromatic carbocycles. The molecule has 7 heteroatoms. The molecule has 15 heavy (non-hydrogen) atoms. The maximum Gasteiger partial charge on any atom is 0.326 e. The average Bonchev–Trinajstić information content (AvgIpc) is 2.69. The van der Waals surface area contributed by atoms with E-state index in [1.807, 2.05) is 6.92 Å². The minimum atomic E-state index is -1.03. The van der Waals surface area contributed by atoms with E-state index in [1.165, 1.54) is 6.20 Å². The van der Waals surface area contributed by atoms with E-state index in [-0.39, 0.29) is 5.69 Å². The van der Waals surface area contributed by atoms with Gasteiger partial charge in [0.15, 0.2) is 5.69 Å². The van der Waals surface area contributed by atoms with Gasteiger partial charge in [-0.2, -0.15) is 8.75 Å². The van der Waals surface area contributed by atoms with Crippen molar-refractivity contribution in [3.8, 4) is 0 Å². The third-order valence-electron chi connectivity index (χ3n) is 1.77. The van der Waals surface area contributed by atoms with Gasteiger partial charge in [0.2, 0.25) is 0 Å². The Morgan fingerprint density at radius 2 is 2.40 bits per heavy atom. The van der Waals surface area contributed by atoms with Crippen LogP contribution in [0.4, 0.5) is 0 Å². The molecule has 0 bridgehead atoms. The molecule has 1 heterocycles. The maximum absolute atomic E-state index is 11.4. The molecule has 2 N–H and O–H groups in total. The van der Waals surface area contributed by atoms with E-state index in [0.29, 0.717) is 12.8 Å². The molecule has 0 aliphatic rings. The third-order valence-corrected chi connectivity index (χ3v) is 2.25. The Labute approximate surface area is 90.7 Å². The van der Waals surface area contributed by atoms with Crippen LogP contribution in [0.3, 0.4) is 0 Å². The highest BCUT2D eigenvalue weighted by atomic mass is 32.1. The molecule has 0 saturated carbocycles. The normalized spacial score (nSPS) is 12.1. The molecule has 0 aliphatic heterocycles. The zero-order valence-electron chi connectivity index (χ0n) is 8.14. The number of nitrogens with zero attached hydrogens (tertiary/aromatic N) is 2. The molecular formula is C8H11N3O3S. The minimum Gasteiger partial charge on any atom is -0.480 e. The van der Waals surface area contributed by atoms with Crippen LogP contribution in [0.1, 0.15) is 30.3 Å². The van der Waals surface area contributed by atoms with Crippen molar-refractivity contribution < 1.29 is 14.7 Å². The van der Waals surface area contributed by atoms with Crippen molar-refractivity contribution in [2.45, 2.75) is 25.8 Å². The molecule has 6 nitrogen and oxygen atoms in total. The molecule has 0 saturated heterocycles. The molecule has 0 fully saturated rings. The van der Waals surface area contributed by atoms with Gasteiger partial charge in [-0.1, -0.05) is 13.3 Å². The lowest BCUT2D eigenvalue weighted by Gasteiger charge is -2.11. The van der Waals surface area contributed by atoms with Crippen LogP contribution in [0.25, 0.3) is 0 Å². The number of hydrogen-bond donors (Lipinski definition) is 2. The standard InChI is InChI=1S/C8H11N3O3S/c1-2-3-5(8(13)14)10-7(12)6-4-9-15-11-6/h4-5H,2-3H2,1H3,(H,10,12)(H,13,14)/t5-/m0/s1. The lowest BCUT2D eigenvalue weighted by molar-refractivity contribution is -0.139. The molecule has 0 unspecified atom stereocenters. The van der Waals surface area contributed by atoms with Gasteiger partial charge in [0, 0.05) is 0 Å². The van der Waals surface area contributed by atoms with Gasteiger partial charge < -0.3 is 10.4 Å². The van der Waals surface area contributed by atoms with E-state index < -0.39 is 17.9 Å². The summed E-state index contributed by atoms with van der Waals surface area (Å²) in [6.45, 7) is 1.85. The first-order valence-electron chi connectivity index (χ1n) is 4.46. The second kappa shape index (κ2) is 5.40. The number of nitrogens with one attached hydrogen (secondary N) is 1. The van der Waals surface area contributed by atoms with Gasteiger partial charge in [0.1, 0.15) is 6.04 Å². The summed E-state index contributed by atoms with van der Waals surface area (Å²) in [7, 11) is 0. The summed E-state index contributed by atoms with van der Waals surface area (Å²) in [5, 5.41) is 11.2. The fourth-order valence-electron chi connectivity index (χ4n) is 1.04. The first kappa shape index (κ1) is 11.6. The monoisotopic (exact) mass is 229 g/mol. The van der Waals surface area contributed by atoms with Crippen LogP contribution >= 0.6 is 11.7 Å². The molecule has 0 radical (unpaired) electrons. The van der Waals surface area contributed by atoms with Crippen LogP contribution < -0.4 is 5.32 Å². The number of aliphatic carboxylic acids is 1. The number of carbonyl (C=O) groups is 2. The van der Waals surface area contributed by atoms with Crippen LogP contribution in [-0.2, 0) is 4.79 Å². The summed E-state index contributed by atoms with van der Waals surface area (Å²) in [6.07, 6.45) is 2.40. The summed E-state index contributed by atoms with van der Waals surface area (Å²) < 4.78 is 7.38. The summed E-state index contributed by atoms with van der Waals surface area (Å²) in [4.78, 5) is 22.2. The van der Waals surface area contributed by atoms with Crippen molar-refractivity contribution in [2.24, 2.45) is 0 Å². The van der Waals surface area contributed by atoms with Gasteiger partial charge >= 0.3 is 5.97 Å². The van der Waals surface area contributed by atoms with E-state index in [2.05, 4.69) is 14.1 Å². The Kier molecular flexibility index (Phi) is 4.17. The maximum atomic E-state index is 11.4. The third kappa shape index (κ3) is 3.28. The summed E-state index contributed by atoms with van der Waals surface area (Å²) in [5.41, 5.74) is 0.155. The quantitative estimate of drug-likeness (QED) is 0.768. The first-order valence-corrected chi connectivity index (χ1v) is 5.19. The Balaban J connectivity index is 2.59. The van der Waals surface area contributed by atoms with Gasteiger partial charge in [-0.25, -0.2) is 4.79 Å². The molecule has 1 rings (SSSR count). The SMILES string of the molecule is CCC[C@H](NC(=O)c1cnsn1)C(=O)O. The van der Waals surface area contributed by atoms with Crippen LogP contribution in [-0.4, -0.2) is 31.8 Å². The fraction of sp³-hybridized carbons (Fsp3) is 0.500. The molecule has 1 aromatic heterocycles. The zero-order chi connectivity index (χ0) is 11.3. The summed E-state index contributed by atoms with van der Waals surface area (Å²) in [6, 6.07) is -0.857. The zero-order valence-corrected chi connectivity index (χ0v) is 8.95.